The van der Waals surface area contributed by atoms with Crippen molar-refractivity contribution in [2.45, 2.75) is 33.3 Å². The average Bonchev–Trinajstić information content (AvgIpc) is 2.75. The van der Waals surface area contributed by atoms with Gasteiger partial charge >= 0.3 is 0 Å². The van der Waals surface area contributed by atoms with Gasteiger partial charge in [0.05, 0.1) is 6.10 Å². The fourth-order valence-electron chi connectivity index (χ4n) is 1.70. The van der Waals surface area contributed by atoms with Crippen molar-refractivity contribution < 1.29 is 14.3 Å². The molecule has 0 aliphatic rings. The average molecular weight is 315 g/mol. The molecule has 0 aliphatic carbocycles. The monoisotopic (exact) mass is 315 g/mol. The summed E-state index contributed by atoms with van der Waals surface area (Å²) in [6.07, 6.45) is 0.866. The third kappa shape index (κ3) is 5.09. The van der Waals surface area contributed by atoms with Crippen LogP contribution in [-0.2, 0) is 4.74 Å². The molecule has 0 saturated heterocycles. The van der Waals surface area contributed by atoms with E-state index >= 15 is 0 Å². The molecule has 21 heavy (non-hydrogen) atoms. The van der Waals surface area contributed by atoms with Crippen LogP contribution in [0.15, 0.2) is 0 Å². The molecule has 120 valence electrons. The standard InChI is InChI=1S/C14H25N3O3S/c1-5-19-8-6-7-17-14-11(20-9(2)3)10(15)12(21-14)13(18)16-4/h9,17H,5-8,15H2,1-4H3,(H,16,18). The first-order chi connectivity index (χ1) is 10.0. The molecule has 0 bridgehead atoms. The van der Waals surface area contributed by atoms with E-state index in [1.54, 1.807) is 7.05 Å². The predicted octanol–water partition coefficient (Wildman–Crippen LogP) is 2.32. The first-order valence-electron chi connectivity index (χ1n) is 7.13. The number of nitrogen functional groups attached to an aromatic ring is 1. The number of thiophene rings is 1. The number of ether oxygens (including phenoxy) is 2. The first-order valence-corrected chi connectivity index (χ1v) is 7.95. The van der Waals surface area contributed by atoms with E-state index in [1.807, 2.05) is 20.8 Å². The zero-order valence-corrected chi connectivity index (χ0v) is 13.9. The number of nitrogens with two attached hydrogens (primary N) is 1. The van der Waals surface area contributed by atoms with Gasteiger partial charge in [-0.3, -0.25) is 4.79 Å². The molecule has 4 N–H and O–H groups in total. The van der Waals surface area contributed by atoms with Gasteiger partial charge in [0, 0.05) is 26.8 Å². The van der Waals surface area contributed by atoms with Crippen molar-refractivity contribution in [2.24, 2.45) is 0 Å². The summed E-state index contributed by atoms with van der Waals surface area (Å²) in [4.78, 5) is 12.3. The molecule has 0 aliphatic heterocycles. The summed E-state index contributed by atoms with van der Waals surface area (Å²) in [7, 11) is 1.58. The Balaban J connectivity index is 2.81. The van der Waals surface area contributed by atoms with E-state index in [-0.39, 0.29) is 12.0 Å². The van der Waals surface area contributed by atoms with Crippen LogP contribution < -0.4 is 21.1 Å². The Labute approximate surface area is 130 Å². The fourth-order valence-corrected chi connectivity index (χ4v) is 2.73. The van der Waals surface area contributed by atoms with Crippen molar-refractivity contribution in [1.29, 1.82) is 0 Å². The molecule has 0 aromatic carbocycles. The van der Waals surface area contributed by atoms with Gasteiger partial charge in [0.25, 0.3) is 5.91 Å². The van der Waals surface area contributed by atoms with Crippen LogP contribution in [0.1, 0.15) is 36.9 Å². The van der Waals surface area contributed by atoms with Gasteiger partial charge in [0.15, 0.2) is 5.75 Å². The quantitative estimate of drug-likeness (QED) is 0.609. The summed E-state index contributed by atoms with van der Waals surface area (Å²) in [5.74, 6) is 0.360. The van der Waals surface area contributed by atoms with Gasteiger partial charge in [-0.15, -0.1) is 11.3 Å². The fraction of sp³-hybridized carbons (Fsp3) is 0.643. The molecule has 0 unspecified atom stereocenters. The molecular weight excluding hydrogens is 290 g/mol. The number of carbonyl (C=O) groups is 1. The van der Waals surface area contributed by atoms with Crippen molar-refractivity contribution in [3.8, 4) is 5.75 Å². The van der Waals surface area contributed by atoms with Gasteiger partial charge in [-0.1, -0.05) is 0 Å². The Morgan fingerprint density at radius 3 is 2.71 bits per heavy atom. The van der Waals surface area contributed by atoms with Crippen molar-refractivity contribution >= 4 is 27.9 Å². The van der Waals surface area contributed by atoms with Gasteiger partial charge in [-0.2, -0.15) is 0 Å². The SMILES string of the molecule is CCOCCCNc1sc(C(=O)NC)c(N)c1OC(C)C. The highest BCUT2D eigenvalue weighted by Crippen LogP contribution is 2.43. The molecule has 1 amide bonds. The van der Waals surface area contributed by atoms with Gasteiger partial charge < -0.3 is 25.8 Å². The molecule has 1 aromatic rings. The van der Waals surface area contributed by atoms with Crippen molar-refractivity contribution in [3.63, 3.8) is 0 Å². The van der Waals surface area contributed by atoms with Crippen molar-refractivity contribution in [3.05, 3.63) is 4.88 Å². The third-order valence-corrected chi connectivity index (χ3v) is 3.78. The highest BCUT2D eigenvalue weighted by atomic mass is 32.1. The second-order valence-electron chi connectivity index (χ2n) is 4.73. The molecule has 6 nitrogen and oxygen atoms in total. The van der Waals surface area contributed by atoms with Crippen molar-refractivity contribution in [1.82, 2.24) is 5.32 Å². The Morgan fingerprint density at radius 1 is 1.43 bits per heavy atom. The molecule has 1 rings (SSSR count). The van der Waals surface area contributed by atoms with Crippen LogP contribution in [0.4, 0.5) is 10.7 Å². The van der Waals surface area contributed by atoms with Crippen LogP contribution in [0.25, 0.3) is 0 Å². The number of nitrogens with one attached hydrogen (secondary N) is 2. The zero-order valence-electron chi connectivity index (χ0n) is 13.1. The molecule has 0 fully saturated rings. The normalized spacial score (nSPS) is 10.7. The minimum absolute atomic E-state index is 0.0107. The largest absolute Gasteiger partial charge is 0.486 e. The van der Waals surface area contributed by atoms with Crippen LogP contribution in [0.3, 0.4) is 0 Å². The molecule has 0 spiro atoms. The van der Waals surface area contributed by atoms with Crippen LogP contribution in [0.2, 0.25) is 0 Å². The number of hydrogen-bond acceptors (Lipinski definition) is 6. The van der Waals surface area contributed by atoms with Gasteiger partial charge in [-0.25, -0.2) is 0 Å². The lowest BCUT2D eigenvalue weighted by atomic mass is 10.3. The first kappa shape index (κ1) is 17.6. The smallest absolute Gasteiger partial charge is 0.263 e. The Kier molecular flexibility index (Phi) is 7.31. The van der Waals surface area contributed by atoms with E-state index in [9.17, 15) is 4.79 Å². The minimum atomic E-state index is -0.200. The molecule has 0 saturated carbocycles. The van der Waals surface area contributed by atoms with Crippen LogP contribution in [0.5, 0.6) is 5.75 Å². The number of anilines is 2. The Morgan fingerprint density at radius 2 is 2.14 bits per heavy atom. The molecule has 0 atom stereocenters. The van der Waals surface area contributed by atoms with E-state index in [0.717, 1.165) is 18.0 Å². The molecule has 7 heteroatoms. The van der Waals surface area contributed by atoms with Crippen LogP contribution in [-0.4, -0.2) is 38.8 Å². The summed E-state index contributed by atoms with van der Waals surface area (Å²) in [5.41, 5.74) is 6.43. The summed E-state index contributed by atoms with van der Waals surface area (Å²) in [6, 6.07) is 0. The maximum atomic E-state index is 11.8. The lowest BCUT2D eigenvalue weighted by Crippen LogP contribution is -2.17. The predicted molar refractivity (Wildman–Crippen MR) is 87.5 cm³/mol. The maximum absolute atomic E-state index is 11.8. The van der Waals surface area contributed by atoms with Crippen LogP contribution in [0, 0.1) is 0 Å². The van der Waals surface area contributed by atoms with Gasteiger partial charge in [0.2, 0.25) is 0 Å². The maximum Gasteiger partial charge on any atom is 0.263 e. The second-order valence-corrected chi connectivity index (χ2v) is 5.75. The number of amides is 1. The zero-order chi connectivity index (χ0) is 15.8. The Bertz CT molecular complexity index is 461. The van der Waals surface area contributed by atoms with Gasteiger partial charge in [-0.05, 0) is 27.2 Å². The van der Waals surface area contributed by atoms with E-state index in [1.165, 1.54) is 11.3 Å². The molecule has 1 heterocycles. The van der Waals surface area contributed by atoms with E-state index in [2.05, 4.69) is 10.6 Å². The summed E-state index contributed by atoms with van der Waals surface area (Å²) < 4.78 is 11.0. The number of rotatable bonds is 9. The molecule has 0 radical (unpaired) electrons. The second kappa shape index (κ2) is 8.74. The van der Waals surface area contributed by atoms with E-state index in [4.69, 9.17) is 15.2 Å². The van der Waals surface area contributed by atoms with E-state index < -0.39 is 0 Å². The molecular formula is C14H25N3O3S. The highest BCUT2D eigenvalue weighted by Gasteiger charge is 2.22. The lowest BCUT2D eigenvalue weighted by Gasteiger charge is -2.12. The van der Waals surface area contributed by atoms with Crippen LogP contribution >= 0.6 is 11.3 Å². The van der Waals surface area contributed by atoms with Gasteiger partial charge in [0.1, 0.15) is 15.6 Å². The molecule has 1 aromatic heterocycles. The topological polar surface area (TPSA) is 85.6 Å². The number of carbonyl (C=O) groups excluding carboxylic acids is 1. The summed E-state index contributed by atoms with van der Waals surface area (Å²) in [5, 5.41) is 6.65. The summed E-state index contributed by atoms with van der Waals surface area (Å²) in [6.45, 7) is 7.98. The third-order valence-electron chi connectivity index (χ3n) is 2.64. The lowest BCUT2D eigenvalue weighted by molar-refractivity contribution is 0.0967. The summed E-state index contributed by atoms with van der Waals surface area (Å²) >= 11 is 1.31. The number of hydrogen-bond donors (Lipinski definition) is 3. The highest BCUT2D eigenvalue weighted by molar-refractivity contribution is 7.19. The minimum Gasteiger partial charge on any atom is -0.486 e. The van der Waals surface area contributed by atoms with Crippen molar-refractivity contribution in [2.75, 3.05) is 37.9 Å². The van der Waals surface area contributed by atoms with E-state index in [0.29, 0.717) is 29.5 Å². The Hall–Kier alpha value is -1.47.